The fraction of sp³-hybridized carbons (Fsp3) is 0.231. The van der Waals surface area contributed by atoms with E-state index in [9.17, 15) is 4.79 Å². The van der Waals surface area contributed by atoms with Crippen molar-refractivity contribution >= 4 is 22.6 Å². The van der Waals surface area contributed by atoms with Gasteiger partial charge in [-0.15, -0.1) is 0 Å². The molecule has 0 N–H and O–H groups in total. The number of imidazole rings is 1. The molecule has 0 spiro atoms. The van der Waals surface area contributed by atoms with Gasteiger partial charge in [0.15, 0.2) is 0 Å². The molecule has 1 aliphatic heterocycles. The van der Waals surface area contributed by atoms with Gasteiger partial charge < -0.3 is 18.9 Å². The maximum atomic E-state index is 12.8. The van der Waals surface area contributed by atoms with Gasteiger partial charge in [-0.05, 0) is 36.4 Å². The van der Waals surface area contributed by atoms with Crippen LogP contribution >= 0.6 is 0 Å². The summed E-state index contributed by atoms with van der Waals surface area (Å²) in [6.45, 7) is 1.76. The molecule has 0 radical (unpaired) electrons. The lowest BCUT2D eigenvalue weighted by Gasteiger charge is -2.17. The molecule has 1 amide bonds. The highest BCUT2D eigenvalue weighted by atomic mass is 16.5. The minimum absolute atomic E-state index is 0.0342. The average molecular weight is 428 g/mol. The number of anilines is 1. The normalized spacial score (nSPS) is 16.0. The Morgan fingerprint density at radius 2 is 1.75 bits per heavy atom. The van der Waals surface area contributed by atoms with E-state index < -0.39 is 0 Å². The van der Waals surface area contributed by atoms with Gasteiger partial charge in [-0.1, -0.05) is 36.4 Å². The van der Waals surface area contributed by atoms with E-state index in [2.05, 4.69) is 10.6 Å². The van der Waals surface area contributed by atoms with Crippen LogP contribution in [0.3, 0.4) is 0 Å². The molecular weight excluding hydrogens is 402 g/mol. The molecule has 162 valence electrons. The number of amides is 1. The average Bonchev–Trinajstić information content (AvgIpc) is 3.40. The molecule has 2 heterocycles. The summed E-state index contributed by atoms with van der Waals surface area (Å²) >= 11 is 0. The number of rotatable bonds is 7. The Morgan fingerprint density at radius 1 is 0.969 bits per heavy atom. The van der Waals surface area contributed by atoms with Crippen molar-refractivity contribution in [1.82, 2.24) is 9.55 Å². The van der Waals surface area contributed by atoms with Crippen LogP contribution in [0, 0.1) is 0 Å². The number of hydrogen-bond donors (Lipinski definition) is 0. The van der Waals surface area contributed by atoms with Crippen LogP contribution in [0.25, 0.3) is 11.0 Å². The van der Waals surface area contributed by atoms with Crippen molar-refractivity contribution in [2.45, 2.75) is 18.9 Å². The number of carbonyl (C=O) groups excluding carboxylic acids is 1. The van der Waals surface area contributed by atoms with Crippen molar-refractivity contribution in [3.63, 3.8) is 0 Å². The van der Waals surface area contributed by atoms with Crippen LogP contribution in [0.5, 0.6) is 11.5 Å². The molecule has 32 heavy (non-hydrogen) atoms. The maximum Gasteiger partial charge on any atom is 0.227 e. The number of aromatic nitrogens is 2. The molecule has 1 saturated heterocycles. The molecule has 0 bridgehead atoms. The second kappa shape index (κ2) is 8.75. The quantitative estimate of drug-likeness (QED) is 0.431. The summed E-state index contributed by atoms with van der Waals surface area (Å²) in [5.41, 5.74) is 2.93. The zero-order valence-corrected chi connectivity index (χ0v) is 18.0. The minimum Gasteiger partial charge on any atom is -0.497 e. The Labute approximate surface area is 187 Å². The standard InChI is InChI=1S/C26H25N3O3/c1-31-21-10-7-11-22(17-21)32-15-14-28-24-13-6-5-12-23(24)27-26(28)19-16-25(30)29(18-19)20-8-3-2-4-9-20/h2-13,17,19H,14-16,18H2,1H3. The first-order valence-electron chi connectivity index (χ1n) is 10.8. The van der Waals surface area contributed by atoms with E-state index >= 15 is 0 Å². The van der Waals surface area contributed by atoms with E-state index in [1.807, 2.05) is 77.7 Å². The van der Waals surface area contributed by atoms with Crippen LogP contribution < -0.4 is 14.4 Å². The third kappa shape index (κ3) is 3.91. The van der Waals surface area contributed by atoms with Crippen LogP contribution in [0.15, 0.2) is 78.9 Å². The van der Waals surface area contributed by atoms with Gasteiger partial charge in [0.05, 0.1) is 24.7 Å². The van der Waals surface area contributed by atoms with Crippen LogP contribution in [-0.4, -0.2) is 35.7 Å². The number of para-hydroxylation sites is 3. The molecule has 0 saturated carbocycles. The summed E-state index contributed by atoms with van der Waals surface area (Å²) in [4.78, 5) is 19.6. The Kier molecular flexibility index (Phi) is 5.50. The number of benzene rings is 3. The zero-order chi connectivity index (χ0) is 21.9. The van der Waals surface area contributed by atoms with Crippen molar-refractivity contribution in [3.8, 4) is 11.5 Å². The van der Waals surface area contributed by atoms with Gasteiger partial charge in [-0.3, -0.25) is 4.79 Å². The second-order valence-electron chi connectivity index (χ2n) is 7.88. The van der Waals surface area contributed by atoms with Gasteiger partial charge in [0.2, 0.25) is 5.91 Å². The van der Waals surface area contributed by atoms with Gasteiger partial charge in [0.1, 0.15) is 23.9 Å². The van der Waals surface area contributed by atoms with Crippen molar-refractivity contribution in [2.75, 3.05) is 25.2 Å². The molecule has 1 aromatic heterocycles. The highest BCUT2D eigenvalue weighted by molar-refractivity contribution is 5.96. The van der Waals surface area contributed by atoms with Crippen molar-refractivity contribution < 1.29 is 14.3 Å². The molecule has 1 atom stereocenters. The van der Waals surface area contributed by atoms with Crippen molar-refractivity contribution in [1.29, 1.82) is 0 Å². The first kappa shape index (κ1) is 20.1. The van der Waals surface area contributed by atoms with Crippen LogP contribution in [0.4, 0.5) is 5.69 Å². The molecular formula is C26H25N3O3. The number of hydrogen-bond acceptors (Lipinski definition) is 4. The van der Waals surface area contributed by atoms with E-state index in [0.29, 0.717) is 26.1 Å². The van der Waals surface area contributed by atoms with Gasteiger partial charge in [-0.2, -0.15) is 0 Å². The number of ether oxygens (including phenoxy) is 2. The monoisotopic (exact) mass is 427 g/mol. The summed E-state index contributed by atoms with van der Waals surface area (Å²) in [5, 5.41) is 0. The number of carbonyl (C=O) groups is 1. The molecule has 3 aromatic carbocycles. The van der Waals surface area contributed by atoms with E-state index in [1.54, 1.807) is 7.11 Å². The van der Waals surface area contributed by atoms with Gasteiger partial charge >= 0.3 is 0 Å². The van der Waals surface area contributed by atoms with Gasteiger partial charge in [0, 0.05) is 30.6 Å². The van der Waals surface area contributed by atoms with Crippen LogP contribution in [-0.2, 0) is 11.3 Å². The number of nitrogens with zero attached hydrogens (tertiary/aromatic N) is 3. The first-order valence-corrected chi connectivity index (χ1v) is 10.8. The van der Waals surface area contributed by atoms with Gasteiger partial charge in [-0.25, -0.2) is 4.98 Å². The lowest BCUT2D eigenvalue weighted by atomic mass is 10.1. The smallest absolute Gasteiger partial charge is 0.227 e. The van der Waals surface area contributed by atoms with E-state index in [4.69, 9.17) is 14.5 Å². The second-order valence-corrected chi connectivity index (χ2v) is 7.88. The highest BCUT2D eigenvalue weighted by Gasteiger charge is 2.34. The molecule has 1 aliphatic rings. The molecule has 0 aliphatic carbocycles. The zero-order valence-electron chi connectivity index (χ0n) is 18.0. The summed E-state index contributed by atoms with van der Waals surface area (Å²) in [6, 6.07) is 25.5. The van der Waals surface area contributed by atoms with Crippen LogP contribution in [0.2, 0.25) is 0 Å². The number of fused-ring (bicyclic) bond motifs is 1. The summed E-state index contributed by atoms with van der Waals surface area (Å²) in [6.07, 6.45) is 0.453. The van der Waals surface area contributed by atoms with E-state index in [1.165, 1.54) is 0 Å². The third-order valence-electron chi connectivity index (χ3n) is 5.87. The highest BCUT2D eigenvalue weighted by Crippen LogP contribution is 2.33. The lowest BCUT2D eigenvalue weighted by Crippen LogP contribution is -2.24. The molecule has 1 fully saturated rings. The topological polar surface area (TPSA) is 56.6 Å². The fourth-order valence-electron chi connectivity index (χ4n) is 4.32. The minimum atomic E-state index is 0.0342. The lowest BCUT2D eigenvalue weighted by molar-refractivity contribution is -0.117. The Morgan fingerprint density at radius 3 is 2.59 bits per heavy atom. The maximum absolute atomic E-state index is 12.8. The summed E-state index contributed by atoms with van der Waals surface area (Å²) in [5.74, 6) is 2.63. The molecule has 4 aromatic rings. The molecule has 6 heteroatoms. The predicted molar refractivity (Wildman–Crippen MR) is 124 cm³/mol. The van der Waals surface area contributed by atoms with E-state index in [0.717, 1.165) is 34.0 Å². The Bertz CT molecular complexity index is 1240. The predicted octanol–water partition coefficient (Wildman–Crippen LogP) is 4.64. The number of methoxy groups -OCH3 is 1. The molecule has 6 nitrogen and oxygen atoms in total. The molecule has 5 rings (SSSR count). The SMILES string of the molecule is COc1cccc(OCCn2c(C3CC(=O)N(c4ccccc4)C3)nc3ccccc32)c1. The summed E-state index contributed by atoms with van der Waals surface area (Å²) in [7, 11) is 1.64. The van der Waals surface area contributed by atoms with Crippen molar-refractivity contribution in [3.05, 3.63) is 84.7 Å². The molecule has 1 unspecified atom stereocenters. The summed E-state index contributed by atoms with van der Waals surface area (Å²) < 4.78 is 13.5. The van der Waals surface area contributed by atoms with Crippen molar-refractivity contribution in [2.24, 2.45) is 0 Å². The van der Waals surface area contributed by atoms with Gasteiger partial charge in [0.25, 0.3) is 0 Å². The fourth-order valence-corrected chi connectivity index (χ4v) is 4.32. The third-order valence-corrected chi connectivity index (χ3v) is 5.87. The van der Waals surface area contributed by atoms with E-state index in [-0.39, 0.29) is 11.8 Å². The first-order chi connectivity index (χ1) is 15.7. The Hall–Kier alpha value is -3.80. The van der Waals surface area contributed by atoms with Crippen LogP contribution in [0.1, 0.15) is 18.2 Å². The Balaban J connectivity index is 1.39. The largest absolute Gasteiger partial charge is 0.497 e.